The Labute approximate surface area is 127 Å². The number of rotatable bonds is 3. The monoisotopic (exact) mass is 303 g/mol. The van der Waals surface area contributed by atoms with Crippen molar-refractivity contribution in [2.45, 2.75) is 5.92 Å². The van der Waals surface area contributed by atoms with E-state index in [1.165, 1.54) is 6.07 Å². The van der Waals surface area contributed by atoms with Crippen LogP contribution in [-0.2, 0) is 4.74 Å². The molecule has 0 aliphatic carbocycles. The Morgan fingerprint density at radius 2 is 2.14 bits per heavy atom. The van der Waals surface area contributed by atoms with Gasteiger partial charge < -0.3 is 15.2 Å². The van der Waals surface area contributed by atoms with Crippen LogP contribution in [0.4, 0.5) is 5.69 Å². The molecule has 3 rings (SSSR count). The Balaban J connectivity index is 1.69. The van der Waals surface area contributed by atoms with Crippen molar-refractivity contribution in [1.29, 1.82) is 0 Å². The molecular weight excluding hydrogens is 290 g/mol. The van der Waals surface area contributed by atoms with Crippen LogP contribution in [0.25, 0.3) is 0 Å². The minimum Gasteiger partial charge on any atom is -0.493 e. The van der Waals surface area contributed by atoms with Crippen LogP contribution in [0, 0.1) is 0 Å². The first-order valence-electron chi connectivity index (χ1n) is 6.59. The molecule has 0 saturated carbocycles. The lowest BCUT2D eigenvalue weighted by Gasteiger charge is -2.11. The SMILES string of the molecule is Nc1ccc(Cl)cc1C(=O)OCC1COc2ccccc21. The number of para-hydroxylation sites is 1. The second-order valence-corrected chi connectivity index (χ2v) is 5.31. The molecule has 2 aromatic carbocycles. The summed E-state index contributed by atoms with van der Waals surface area (Å²) < 4.78 is 10.9. The first kappa shape index (κ1) is 13.8. The van der Waals surface area contributed by atoms with Gasteiger partial charge >= 0.3 is 5.97 Å². The second-order valence-electron chi connectivity index (χ2n) is 4.88. The van der Waals surface area contributed by atoms with Crippen LogP contribution >= 0.6 is 11.6 Å². The van der Waals surface area contributed by atoms with Crippen molar-refractivity contribution in [3.8, 4) is 5.75 Å². The standard InChI is InChI=1S/C16H14ClNO3/c17-11-5-6-14(18)13(7-11)16(19)21-9-10-8-20-15-4-2-1-3-12(10)15/h1-7,10H,8-9,18H2. The molecule has 2 aromatic rings. The zero-order chi connectivity index (χ0) is 14.8. The van der Waals surface area contributed by atoms with Crippen LogP contribution in [0.3, 0.4) is 0 Å². The highest BCUT2D eigenvalue weighted by Crippen LogP contribution is 2.33. The number of carbonyl (C=O) groups excluding carboxylic acids is 1. The van der Waals surface area contributed by atoms with E-state index in [1.54, 1.807) is 12.1 Å². The summed E-state index contributed by atoms with van der Waals surface area (Å²) in [5.74, 6) is 0.422. The third-order valence-corrected chi connectivity index (χ3v) is 3.68. The van der Waals surface area contributed by atoms with Gasteiger partial charge in [0.1, 0.15) is 12.4 Å². The van der Waals surface area contributed by atoms with E-state index in [0.717, 1.165) is 11.3 Å². The quantitative estimate of drug-likeness (QED) is 0.698. The van der Waals surface area contributed by atoms with Crippen molar-refractivity contribution in [3.05, 3.63) is 58.6 Å². The summed E-state index contributed by atoms with van der Waals surface area (Å²) in [6.45, 7) is 0.763. The summed E-state index contributed by atoms with van der Waals surface area (Å²) in [5.41, 5.74) is 7.47. The summed E-state index contributed by atoms with van der Waals surface area (Å²) in [6.07, 6.45) is 0. The normalized spacial score (nSPS) is 16.1. The number of hydrogen-bond acceptors (Lipinski definition) is 4. The van der Waals surface area contributed by atoms with Gasteiger partial charge in [0.05, 0.1) is 18.1 Å². The number of fused-ring (bicyclic) bond motifs is 1. The Morgan fingerprint density at radius 1 is 1.33 bits per heavy atom. The smallest absolute Gasteiger partial charge is 0.340 e. The average Bonchev–Trinajstić information content (AvgIpc) is 2.90. The molecule has 5 heteroatoms. The Morgan fingerprint density at radius 3 is 3.00 bits per heavy atom. The fraction of sp³-hybridized carbons (Fsp3) is 0.188. The van der Waals surface area contributed by atoms with Crippen molar-refractivity contribution in [1.82, 2.24) is 0 Å². The molecular formula is C16H14ClNO3. The van der Waals surface area contributed by atoms with Crippen molar-refractivity contribution in [2.24, 2.45) is 0 Å². The van der Waals surface area contributed by atoms with E-state index in [4.69, 9.17) is 26.8 Å². The van der Waals surface area contributed by atoms with E-state index < -0.39 is 5.97 Å². The summed E-state index contributed by atoms with van der Waals surface area (Å²) in [5, 5.41) is 0.450. The summed E-state index contributed by atoms with van der Waals surface area (Å²) >= 11 is 5.87. The molecule has 0 bridgehead atoms. The molecule has 0 aromatic heterocycles. The van der Waals surface area contributed by atoms with Crippen LogP contribution < -0.4 is 10.5 Å². The lowest BCUT2D eigenvalue weighted by Crippen LogP contribution is -2.15. The number of esters is 1. The molecule has 2 N–H and O–H groups in total. The highest BCUT2D eigenvalue weighted by atomic mass is 35.5. The van der Waals surface area contributed by atoms with Crippen LogP contribution in [0.5, 0.6) is 5.75 Å². The van der Waals surface area contributed by atoms with Gasteiger partial charge in [-0.05, 0) is 24.3 Å². The topological polar surface area (TPSA) is 61.6 Å². The lowest BCUT2D eigenvalue weighted by atomic mass is 10.0. The van der Waals surface area contributed by atoms with Gasteiger partial charge in [-0.25, -0.2) is 4.79 Å². The highest BCUT2D eigenvalue weighted by molar-refractivity contribution is 6.31. The maximum atomic E-state index is 12.1. The van der Waals surface area contributed by atoms with Gasteiger partial charge in [-0.15, -0.1) is 0 Å². The molecule has 0 radical (unpaired) electrons. The number of hydrogen-bond donors (Lipinski definition) is 1. The minimum absolute atomic E-state index is 0.0468. The fourth-order valence-corrected chi connectivity index (χ4v) is 2.50. The number of carbonyl (C=O) groups is 1. The third kappa shape index (κ3) is 2.81. The zero-order valence-electron chi connectivity index (χ0n) is 11.2. The van der Waals surface area contributed by atoms with Gasteiger partial charge in [0.15, 0.2) is 0 Å². The molecule has 108 valence electrons. The van der Waals surface area contributed by atoms with Gasteiger partial charge in [0.2, 0.25) is 0 Å². The summed E-state index contributed by atoms with van der Waals surface area (Å²) in [4.78, 5) is 12.1. The molecule has 0 fully saturated rings. The maximum Gasteiger partial charge on any atom is 0.340 e. The molecule has 1 aliphatic heterocycles. The van der Waals surface area contributed by atoms with Crippen molar-refractivity contribution < 1.29 is 14.3 Å². The number of ether oxygens (including phenoxy) is 2. The molecule has 0 saturated heterocycles. The minimum atomic E-state index is -0.473. The molecule has 0 amide bonds. The van der Waals surface area contributed by atoms with Gasteiger partial charge in [0, 0.05) is 16.3 Å². The van der Waals surface area contributed by atoms with E-state index in [9.17, 15) is 4.79 Å². The van der Waals surface area contributed by atoms with E-state index >= 15 is 0 Å². The third-order valence-electron chi connectivity index (χ3n) is 3.45. The number of benzene rings is 2. The highest BCUT2D eigenvalue weighted by Gasteiger charge is 2.25. The number of halogens is 1. The van der Waals surface area contributed by atoms with Gasteiger partial charge in [-0.3, -0.25) is 0 Å². The number of anilines is 1. The summed E-state index contributed by atoms with van der Waals surface area (Å²) in [6, 6.07) is 12.5. The molecule has 4 nitrogen and oxygen atoms in total. The molecule has 1 heterocycles. The van der Waals surface area contributed by atoms with Gasteiger partial charge in [-0.2, -0.15) is 0 Å². The predicted octanol–water partition coefficient (Wildman–Crippen LogP) is 3.26. The predicted molar refractivity (Wildman–Crippen MR) is 80.8 cm³/mol. The van der Waals surface area contributed by atoms with E-state index in [-0.39, 0.29) is 18.1 Å². The molecule has 21 heavy (non-hydrogen) atoms. The zero-order valence-corrected chi connectivity index (χ0v) is 12.0. The largest absolute Gasteiger partial charge is 0.493 e. The van der Waals surface area contributed by atoms with Crippen molar-refractivity contribution >= 4 is 23.3 Å². The Bertz CT molecular complexity index is 687. The van der Waals surface area contributed by atoms with Crippen molar-refractivity contribution in [2.75, 3.05) is 18.9 Å². The molecule has 0 spiro atoms. The van der Waals surface area contributed by atoms with E-state index in [0.29, 0.717) is 17.3 Å². The second kappa shape index (κ2) is 5.66. The fourth-order valence-electron chi connectivity index (χ4n) is 2.33. The molecule has 1 unspecified atom stereocenters. The Kier molecular flexibility index (Phi) is 3.71. The van der Waals surface area contributed by atoms with E-state index in [1.807, 2.05) is 24.3 Å². The number of nitrogen functional groups attached to an aromatic ring is 1. The van der Waals surface area contributed by atoms with Crippen LogP contribution in [0.15, 0.2) is 42.5 Å². The van der Waals surface area contributed by atoms with E-state index in [2.05, 4.69) is 0 Å². The first-order valence-corrected chi connectivity index (χ1v) is 6.97. The first-order chi connectivity index (χ1) is 10.1. The summed E-state index contributed by atoms with van der Waals surface area (Å²) in [7, 11) is 0. The van der Waals surface area contributed by atoms with Crippen LogP contribution in [-0.4, -0.2) is 19.2 Å². The molecule has 1 aliphatic rings. The van der Waals surface area contributed by atoms with Gasteiger partial charge in [0.25, 0.3) is 0 Å². The number of nitrogens with two attached hydrogens (primary N) is 1. The molecule has 1 atom stereocenters. The Hall–Kier alpha value is -2.20. The van der Waals surface area contributed by atoms with Gasteiger partial charge in [-0.1, -0.05) is 29.8 Å². The average molecular weight is 304 g/mol. The van der Waals surface area contributed by atoms with Crippen LogP contribution in [0.1, 0.15) is 21.8 Å². The van der Waals surface area contributed by atoms with Crippen LogP contribution in [0.2, 0.25) is 5.02 Å². The lowest BCUT2D eigenvalue weighted by molar-refractivity contribution is 0.0472. The maximum absolute atomic E-state index is 12.1. The van der Waals surface area contributed by atoms with Crippen molar-refractivity contribution in [3.63, 3.8) is 0 Å².